The molecule has 0 radical (unpaired) electrons. The van der Waals surface area contributed by atoms with Gasteiger partial charge in [0.2, 0.25) is 5.91 Å². The molecule has 4 nitrogen and oxygen atoms in total. The topological polar surface area (TPSA) is 57.6 Å². The van der Waals surface area contributed by atoms with Crippen molar-refractivity contribution < 1.29 is 14.7 Å². The van der Waals surface area contributed by atoms with E-state index in [1.807, 2.05) is 25.1 Å². The highest BCUT2D eigenvalue weighted by molar-refractivity contribution is 9.10. The van der Waals surface area contributed by atoms with E-state index in [0.29, 0.717) is 0 Å². The molecule has 2 rings (SSSR count). The van der Waals surface area contributed by atoms with Crippen LogP contribution >= 0.6 is 15.9 Å². The number of aliphatic carboxylic acids is 1. The third-order valence-corrected chi connectivity index (χ3v) is 3.50. The minimum Gasteiger partial charge on any atom is -0.481 e. The summed E-state index contributed by atoms with van der Waals surface area (Å²) < 4.78 is 0.817. The highest BCUT2D eigenvalue weighted by Crippen LogP contribution is 2.32. The number of anilines is 1. The number of halogens is 1. The molecule has 90 valence electrons. The van der Waals surface area contributed by atoms with Crippen LogP contribution in [0.4, 0.5) is 5.69 Å². The zero-order chi connectivity index (χ0) is 12.6. The predicted octanol–water partition coefficient (Wildman–Crippen LogP) is 2.20. The molecule has 1 aliphatic heterocycles. The first-order chi connectivity index (χ1) is 7.99. The van der Waals surface area contributed by atoms with Gasteiger partial charge < -0.3 is 10.0 Å². The van der Waals surface area contributed by atoms with Gasteiger partial charge in [0, 0.05) is 17.4 Å². The maximum Gasteiger partial charge on any atom is 0.308 e. The third kappa shape index (κ3) is 2.34. The summed E-state index contributed by atoms with van der Waals surface area (Å²) in [5.41, 5.74) is 1.83. The van der Waals surface area contributed by atoms with Gasteiger partial charge in [-0.1, -0.05) is 6.07 Å². The minimum atomic E-state index is -0.913. The standard InChI is InChI=1S/C12H12BrNO3/c1-7-2-3-10(9(13)4-7)14-6-8(12(16)17)5-11(14)15/h2-4,8H,5-6H2,1H3,(H,16,17)/t8-/m0/s1. The van der Waals surface area contributed by atoms with Crippen molar-refractivity contribution in [1.29, 1.82) is 0 Å². The van der Waals surface area contributed by atoms with Crippen molar-refractivity contribution in [3.8, 4) is 0 Å². The molecule has 1 heterocycles. The fourth-order valence-electron chi connectivity index (χ4n) is 1.94. The van der Waals surface area contributed by atoms with Crippen LogP contribution in [0, 0.1) is 12.8 Å². The second-order valence-electron chi connectivity index (χ2n) is 4.20. The highest BCUT2D eigenvalue weighted by Gasteiger charge is 2.35. The lowest BCUT2D eigenvalue weighted by Gasteiger charge is -2.18. The molecule has 0 bridgehead atoms. The first-order valence-corrected chi connectivity index (χ1v) is 6.07. The number of aryl methyl sites for hydroxylation is 1. The van der Waals surface area contributed by atoms with Crippen LogP contribution < -0.4 is 4.90 Å². The van der Waals surface area contributed by atoms with Crippen LogP contribution in [0.5, 0.6) is 0 Å². The molecular formula is C12H12BrNO3. The van der Waals surface area contributed by atoms with Crippen molar-refractivity contribution in [2.75, 3.05) is 11.4 Å². The second kappa shape index (κ2) is 4.49. The second-order valence-corrected chi connectivity index (χ2v) is 5.05. The maximum absolute atomic E-state index is 11.8. The first-order valence-electron chi connectivity index (χ1n) is 5.28. The Morgan fingerprint density at radius 3 is 2.76 bits per heavy atom. The molecule has 5 heteroatoms. The van der Waals surface area contributed by atoms with Gasteiger partial charge in [-0.25, -0.2) is 0 Å². The quantitative estimate of drug-likeness (QED) is 0.910. The van der Waals surface area contributed by atoms with Crippen molar-refractivity contribution >= 4 is 33.5 Å². The number of benzene rings is 1. The molecule has 1 amide bonds. The van der Waals surface area contributed by atoms with Gasteiger partial charge in [-0.2, -0.15) is 0 Å². The number of carbonyl (C=O) groups is 2. The SMILES string of the molecule is Cc1ccc(N2C[C@@H](C(=O)O)CC2=O)c(Br)c1. The van der Waals surface area contributed by atoms with Crippen molar-refractivity contribution in [3.63, 3.8) is 0 Å². The molecule has 1 aliphatic rings. The minimum absolute atomic E-state index is 0.0790. The number of carboxylic acid groups (broad SMARTS) is 1. The summed E-state index contributed by atoms with van der Waals surface area (Å²) in [5.74, 6) is -1.65. The van der Waals surface area contributed by atoms with E-state index < -0.39 is 11.9 Å². The largest absolute Gasteiger partial charge is 0.481 e. The van der Waals surface area contributed by atoms with Crippen LogP contribution in [0.2, 0.25) is 0 Å². The molecule has 0 unspecified atom stereocenters. The summed E-state index contributed by atoms with van der Waals surface area (Å²) in [6.45, 7) is 2.20. The van der Waals surface area contributed by atoms with Crippen molar-refractivity contribution in [1.82, 2.24) is 0 Å². The Morgan fingerprint density at radius 2 is 2.24 bits per heavy atom. The zero-order valence-electron chi connectivity index (χ0n) is 9.31. The average molecular weight is 298 g/mol. The molecule has 0 aliphatic carbocycles. The van der Waals surface area contributed by atoms with E-state index in [9.17, 15) is 9.59 Å². The summed E-state index contributed by atoms with van der Waals surface area (Å²) in [5, 5.41) is 8.92. The first kappa shape index (κ1) is 12.1. The van der Waals surface area contributed by atoms with Crippen LogP contribution in [0.3, 0.4) is 0 Å². The van der Waals surface area contributed by atoms with E-state index in [4.69, 9.17) is 5.11 Å². The van der Waals surface area contributed by atoms with E-state index in [-0.39, 0.29) is 18.9 Å². The van der Waals surface area contributed by atoms with Gasteiger partial charge in [0.25, 0.3) is 0 Å². The predicted molar refractivity (Wildman–Crippen MR) is 67.0 cm³/mol. The third-order valence-electron chi connectivity index (χ3n) is 2.87. The van der Waals surface area contributed by atoms with Crippen LogP contribution in [0.15, 0.2) is 22.7 Å². The smallest absolute Gasteiger partial charge is 0.308 e. The maximum atomic E-state index is 11.8. The zero-order valence-corrected chi connectivity index (χ0v) is 10.9. The molecule has 17 heavy (non-hydrogen) atoms. The Kier molecular flexibility index (Phi) is 3.19. The van der Waals surface area contributed by atoms with Crippen LogP contribution in [-0.2, 0) is 9.59 Å². The Hall–Kier alpha value is -1.36. The summed E-state index contributed by atoms with van der Waals surface area (Å²) in [7, 11) is 0. The molecule has 0 aromatic heterocycles. The number of carbonyl (C=O) groups excluding carboxylic acids is 1. The highest BCUT2D eigenvalue weighted by atomic mass is 79.9. The lowest BCUT2D eigenvalue weighted by molar-refractivity contribution is -0.141. The van der Waals surface area contributed by atoms with Gasteiger partial charge >= 0.3 is 5.97 Å². The van der Waals surface area contributed by atoms with Gasteiger partial charge in [-0.3, -0.25) is 9.59 Å². The summed E-state index contributed by atoms with van der Waals surface area (Å²) >= 11 is 3.40. The Balaban J connectivity index is 2.29. The van der Waals surface area contributed by atoms with Crippen LogP contribution in [0.1, 0.15) is 12.0 Å². The van der Waals surface area contributed by atoms with E-state index in [2.05, 4.69) is 15.9 Å². The monoisotopic (exact) mass is 297 g/mol. The number of rotatable bonds is 2. The molecule has 0 spiro atoms. The van der Waals surface area contributed by atoms with Gasteiger partial charge in [-0.15, -0.1) is 0 Å². The summed E-state index contributed by atoms with van der Waals surface area (Å²) in [4.78, 5) is 24.2. The Morgan fingerprint density at radius 1 is 1.53 bits per heavy atom. The molecule has 0 saturated carbocycles. The summed E-state index contributed by atoms with van der Waals surface area (Å²) in [6.07, 6.45) is 0.0790. The van der Waals surface area contributed by atoms with E-state index in [1.54, 1.807) is 0 Å². The molecule has 1 saturated heterocycles. The normalized spacial score (nSPS) is 19.8. The summed E-state index contributed by atoms with van der Waals surface area (Å²) in [6, 6.07) is 5.65. The number of hydrogen-bond donors (Lipinski definition) is 1. The van der Waals surface area contributed by atoms with Gasteiger partial charge in [0.05, 0.1) is 11.6 Å². The lowest BCUT2D eigenvalue weighted by Crippen LogP contribution is -2.26. The van der Waals surface area contributed by atoms with Crippen LogP contribution in [-0.4, -0.2) is 23.5 Å². The molecule has 1 N–H and O–H groups in total. The molecule has 1 fully saturated rings. The molecule has 1 atom stereocenters. The Labute approximate surface area is 107 Å². The van der Waals surface area contributed by atoms with Crippen molar-refractivity contribution in [2.24, 2.45) is 5.92 Å². The van der Waals surface area contributed by atoms with Gasteiger partial charge in [0.1, 0.15) is 0 Å². The van der Waals surface area contributed by atoms with Crippen molar-refractivity contribution in [2.45, 2.75) is 13.3 Å². The van der Waals surface area contributed by atoms with E-state index >= 15 is 0 Å². The molecule has 1 aromatic carbocycles. The number of amides is 1. The van der Waals surface area contributed by atoms with Crippen LogP contribution in [0.25, 0.3) is 0 Å². The van der Waals surface area contributed by atoms with Gasteiger partial charge in [0.15, 0.2) is 0 Å². The van der Waals surface area contributed by atoms with Crippen molar-refractivity contribution in [3.05, 3.63) is 28.2 Å². The fourth-order valence-corrected chi connectivity index (χ4v) is 2.64. The molecular weight excluding hydrogens is 286 g/mol. The number of hydrogen-bond acceptors (Lipinski definition) is 2. The fraction of sp³-hybridized carbons (Fsp3) is 0.333. The number of nitrogens with zero attached hydrogens (tertiary/aromatic N) is 1. The van der Waals surface area contributed by atoms with E-state index in [1.165, 1.54) is 4.90 Å². The van der Waals surface area contributed by atoms with E-state index in [0.717, 1.165) is 15.7 Å². The van der Waals surface area contributed by atoms with Gasteiger partial charge in [-0.05, 0) is 40.5 Å². The average Bonchev–Trinajstić information content (AvgIpc) is 2.61. The molecule has 1 aromatic rings. The number of carboxylic acids is 1. The lowest BCUT2D eigenvalue weighted by atomic mass is 10.1. The Bertz CT molecular complexity index is 487.